The molecular formula is C19H39P. The van der Waals surface area contributed by atoms with E-state index in [1.807, 2.05) is 0 Å². The zero-order valence-corrected chi connectivity index (χ0v) is 14.9. The van der Waals surface area contributed by atoms with Crippen LogP contribution in [-0.2, 0) is 0 Å². The molecule has 0 bridgehead atoms. The van der Waals surface area contributed by atoms with E-state index >= 15 is 0 Å². The Morgan fingerprint density at radius 2 is 0.450 bits per heavy atom. The second kappa shape index (κ2) is 15.8. The van der Waals surface area contributed by atoms with Crippen LogP contribution in [0.4, 0.5) is 0 Å². The molecule has 1 saturated heterocycles. The highest BCUT2D eigenvalue weighted by Gasteiger charge is 1.96. The molecule has 0 atom stereocenters. The molecule has 1 fully saturated rings. The number of hydrogen-bond donors (Lipinski definition) is 0. The zero-order chi connectivity index (χ0) is 14.1. The van der Waals surface area contributed by atoms with E-state index in [-0.39, 0.29) is 0 Å². The van der Waals surface area contributed by atoms with Crippen LogP contribution in [0.5, 0.6) is 0 Å². The Hall–Kier alpha value is 0.430. The molecule has 20 heavy (non-hydrogen) atoms. The van der Waals surface area contributed by atoms with Crippen LogP contribution in [-0.4, -0.2) is 12.3 Å². The summed E-state index contributed by atoms with van der Waals surface area (Å²) in [7, 11) is 1.27. The van der Waals surface area contributed by atoms with Gasteiger partial charge in [-0.3, -0.25) is 0 Å². The van der Waals surface area contributed by atoms with E-state index in [2.05, 4.69) is 0 Å². The Morgan fingerprint density at radius 1 is 0.250 bits per heavy atom. The van der Waals surface area contributed by atoms with Gasteiger partial charge in [0.15, 0.2) is 0 Å². The maximum atomic E-state index is 1.53. The van der Waals surface area contributed by atoms with Gasteiger partial charge in [0.25, 0.3) is 0 Å². The summed E-state index contributed by atoms with van der Waals surface area (Å²) < 4.78 is 0. The van der Waals surface area contributed by atoms with E-state index in [0.717, 1.165) is 0 Å². The van der Waals surface area contributed by atoms with Crippen molar-refractivity contribution in [2.24, 2.45) is 0 Å². The van der Waals surface area contributed by atoms with Crippen LogP contribution in [0, 0.1) is 0 Å². The van der Waals surface area contributed by atoms with Crippen LogP contribution in [0.2, 0.25) is 0 Å². The third-order valence-corrected chi connectivity index (χ3v) is 6.12. The van der Waals surface area contributed by atoms with E-state index < -0.39 is 0 Å². The van der Waals surface area contributed by atoms with Gasteiger partial charge in [-0.05, 0) is 25.2 Å². The van der Waals surface area contributed by atoms with Crippen molar-refractivity contribution in [3.63, 3.8) is 0 Å². The van der Waals surface area contributed by atoms with Gasteiger partial charge in [0.05, 0.1) is 0 Å². The molecule has 0 nitrogen and oxygen atoms in total. The van der Waals surface area contributed by atoms with Crippen molar-refractivity contribution in [1.82, 2.24) is 0 Å². The van der Waals surface area contributed by atoms with Gasteiger partial charge in [0, 0.05) is 0 Å². The molecule has 1 aliphatic heterocycles. The fourth-order valence-electron chi connectivity index (χ4n) is 3.28. The smallest absolute Gasteiger partial charge is 0.0353 e. The van der Waals surface area contributed by atoms with Crippen molar-refractivity contribution in [3.05, 3.63) is 0 Å². The van der Waals surface area contributed by atoms with Gasteiger partial charge >= 0.3 is 0 Å². The SMILES string of the molecule is C1CCCCCCCCCPCCCCCCCCC1. The zero-order valence-electron chi connectivity index (χ0n) is 13.9. The van der Waals surface area contributed by atoms with Gasteiger partial charge in [0.2, 0.25) is 0 Å². The molecule has 1 rings (SSSR count). The monoisotopic (exact) mass is 298 g/mol. The number of hydrogen-bond acceptors (Lipinski definition) is 0. The third-order valence-electron chi connectivity index (χ3n) is 4.71. The molecule has 1 aliphatic rings. The minimum Gasteiger partial charge on any atom is -0.122 e. The summed E-state index contributed by atoms with van der Waals surface area (Å²) in [6, 6.07) is 0. The lowest BCUT2D eigenvalue weighted by Gasteiger charge is -2.05. The normalized spacial score (nSPS) is 24.0. The molecule has 0 radical (unpaired) electrons. The van der Waals surface area contributed by atoms with Gasteiger partial charge in [0.1, 0.15) is 0 Å². The first-order valence-corrected chi connectivity index (χ1v) is 11.1. The molecule has 0 aromatic heterocycles. The first-order chi connectivity index (χ1) is 10.0. The molecule has 0 aromatic rings. The fraction of sp³-hybridized carbons (Fsp3) is 1.00. The van der Waals surface area contributed by atoms with Crippen LogP contribution < -0.4 is 0 Å². The lowest BCUT2D eigenvalue weighted by molar-refractivity contribution is 0.528. The van der Waals surface area contributed by atoms with E-state index in [1.54, 1.807) is 0 Å². The van der Waals surface area contributed by atoms with Gasteiger partial charge in [-0.25, -0.2) is 0 Å². The molecule has 1 heteroatoms. The fourth-order valence-corrected chi connectivity index (χ4v) is 4.53. The highest BCUT2D eigenvalue weighted by Crippen LogP contribution is 2.19. The lowest BCUT2D eigenvalue weighted by atomic mass is 10.0. The van der Waals surface area contributed by atoms with Crippen molar-refractivity contribution in [1.29, 1.82) is 0 Å². The Balaban J connectivity index is 2.00. The van der Waals surface area contributed by atoms with E-state index in [4.69, 9.17) is 0 Å². The third kappa shape index (κ3) is 13.4. The lowest BCUT2D eigenvalue weighted by Crippen LogP contribution is -1.87. The Morgan fingerprint density at radius 3 is 0.700 bits per heavy atom. The summed E-state index contributed by atoms with van der Waals surface area (Å²) in [4.78, 5) is 0. The second-order valence-electron chi connectivity index (χ2n) is 6.76. The van der Waals surface area contributed by atoms with E-state index in [9.17, 15) is 0 Å². The summed E-state index contributed by atoms with van der Waals surface area (Å²) in [6.45, 7) is 0. The highest BCUT2D eigenvalue weighted by atomic mass is 31.1. The molecule has 1 heterocycles. The first-order valence-electron chi connectivity index (χ1n) is 9.71. The predicted octanol–water partition coefficient (Wildman–Crippen LogP) is 7.31. The molecule has 0 unspecified atom stereocenters. The maximum absolute atomic E-state index is 1.53. The molecule has 0 N–H and O–H groups in total. The summed E-state index contributed by atoms with van der Waals surface area (Å²) in [5, 5.41) is 0. The van der Waals surface area contributed by atoms with Crippen molar-refractivity contribution >= 4 is 8.58 Å². The first kappa shape index (κ1) is 18.5. The van der Waals surface area contributed by atoms with E-state index in [1.165, 1.54) is 130 Å². The van der Waals surface area contributed by atoms with Crippen molar-refractivity contribution in [2.45, 2.75) is 109 Å². The van der Waals surface area contributed by atoms with E-state index in [0.29, 0.717) is 0 Å². The standard InChI is InChI=1S/C19H39P/c1-2-4-6-8-10-12-14-16-18-20-19-17-15-13-11-9-7-5-3-1/h20H,1-19H2. The van der Waals surface area contributed by atoms with Gasteiger partial charge in [-0.1, -0.05) is 96.3 Å². The summed E-state index contributed by atoms with van der Waals surface area (Å²) in [5.74, 6) is 0. The maximum Gasteiger partial charge on any atom is -0.0353 e. The second-order valence-corrected chi connectivity index (χ2v) is 8.26. The van der Waals surface area contributed by atoms with Crippen LogP contribution in [0.25, 0.3) is 0 Å². The predicted molar refractivity (Wildman–Crippen MR) is 96.5 cm³/mol. The average Bonchev–Trinajstić information content (AvgIpc) is 2.46. The Bertz CT molecular complexity index is 92.2. The van der Waals surface area contributed by atoms with Crippen molar-refractivity contribution in [3.8, 4) is 0 Å². The Labute approximate surface area is 130 Å². The van der Waals surface area contributed by atoms with Gasteiger partial charge < -0.3 is 0 Å². The van der Waals surface area contributed by atoms with Crippen LogP contribution in [0.15, 0.2) is 0 Å². The average molecular weight is 298 g/mol. The summed E-state index contributed by atoms with van der Waals surface area (Å²) in [6.07, 6.45) is 28.6. The minimum atomic E-state index is 1.27. The van der Waals surface area contributed by atoms with Gasteiger partial charge in [-0.15, -0.1) is 8.58 Å². The Kier molecular flexibility index (Phi) is 14.6. The molecule has 0 aliphatic carbocycles. The minimum absolute atomic E-state index is 1.27. The van der Waals surface area contributed by atoms with Crippen molar-refractivity contribution in [2.75, 3.05) is 12.3 Å². The highest BCUT2D eigenvalue weighted by molar-refractivity contribution is 7.37. The molecular weight excluding hydrogens is 259 g/mol. The topological polar surface area (TPSA) is 0 Å². The van der Waals surface area contributed by atoms with Crippen LogP contribution in [0.1, 0.15) is 109 Å². The number of rotatable bonds is 0. The largest absolute Gasteiger partial charge is 0.122 e. The summed E-state index contributed by atoms with van der Waals surface area (Å²) in [5.41, 5.74) is 0. The molecule has 0 amide bonds. The van der Waals surface area contributed by atoms with Gasteiger partial charge in [-0.2, -0.15) is 0 Å². The molecule has 120 valence electrons. The van der Waals surface area contributed by atoms with Crippen LogP contribution in [0.3, 0.4) is 0 Å². The van der Waals surface area contributed by atoms with Crippen LogP contribution >= 0.6 is 8.58 Å². The molecule has 0 spiro atoms. The summed E-state index contributed by atoms with van der Waals surface area (Å²) >= 11 is 0. The molecule has 0 saturated carbocycles. The molecule has 0 aromatic carbocycles. The van der Waals surface area contributed by atoms with Crippen molar-refractivity contribution < 1.29 is 0 Å². The quantitative estimate of drug-likeness (QED) is 0.411.